The molecule has 0 saturated heterocycles. The lowest BCUT2D eigenvalue weighted by molar-refractivity contribution is -0.146. The monoisotopic (exact) mass is 413 g/mol. The van der Waals surface area contributed by atoms with E-state index in [1.807, 2.05) is 23.6 Å². The van der Waals surface area contributed by atoms with Crippen LogP contribution in [0.15, 0.2) is 66.0 Å². The van der Waals surface area contributed by atoms with E-state index in [0.29, 0.717) is 16.3 Å². The highest BCUT2D eigenvalue weighted by Gasteiger charge is 2.17. The van der Waals surface area contributed by atoms with E-state index < -0.39 is 18.5 Å². The lowest BCUT2D eigenvalue weighted by Gasteiger charge is -2.11. The highest BCUT2D eigenvalue weighted by atomic mass is 35.5. The van der Waals surface area contributed by atoms with E-state index in [4.69, 9.17) is 16.3 Å². The van der Waals surface area contributed by atoms with Crippen LogP contribution in [0.3, 0.4) is 0 Å². The number of ketones is 1. The Labute approximate surface area is 170 Å². The zero-order chi connectivity index (χ0) is 19.9. The van der Waals surface area contributed by atoms with E-state index >= 15 is 0 Å². The van der Waals surface area contributed by atoms with Crippen LogP contribution in [-0.2, 0) is 20.7 Å². The summed E-state index contributed by atoms with van der Waals surface area (Å²) in [6.07, 6.45) is 0.115. The fraction of sp³-hybridized carbons (Fsp3) is 0.0952. The number of carbonyl (C=O) groups is 3. The molecular weight excluding hydrogens is 398 g/mol. The maximum Gasteiger partial charge on any atom is 0.311 e. The van der Waals surface area contributed by atoms with Crippen LogP contribution in [0, 0.1) is 0 Å². The Morgan fingerprint density at radius 3 is 2.50 bits per heavy atom. The number of ether oxygens (including phenoxy) is 1. The minimum absolute atomic E-state index is 0.115. The molecule has 0 atom stereocenters. The number of esters is 1. The zero-order valence-corrected chi connectivity index (χ0v) is 16.3. The predicted octanol–water partition coefficient (Wildman–Crippen LogP) is 4.36. The largest absolute Gasteiger partial charge is 0.455 e. The molecule has 0 spiro atoms. The van der Waals surface area contributed by atoms with Gasteiger partial charge in [-0.1, -0.05) is 48.0 Å². The summed E-state index contributed by atoms with van der Waals surface area (Å²) >= 11 is 7.46. The number of amides is 1. The first-order valence-corrected chi connectivity index (χ1v) is 9.66. The maximum absolute atomic E-state index is 12.8. The number of nitrogens with one attached hydrogen (secondary N) is 1. The number of benzene rings is 2. The average molecular weight is 414 g/mol. The summed E-state index contributed by atoms with van der Waals surface area (Å²) in [7, 11) is 0. The van der Waals surface area contributed by atoms with Crippen molar-refractivity contribution in [3.8, 4) is 0 Å². The lowest BCUT2D eigenvalue weighted by Crippen LogP contribution is -2.22. The number of rotatable bonds is 7. The molecule has 0 bridgehead atoms. The number of anilines is 1. The van der Waals surface area contributed by atoms with Crippen LogP contribution < -0.4 is 5.32 Å². The van der Waals surface area contributed by atoms with Crippen LogP contribution in [0.25, 0.3) is 0 Å². The predicted molar refractivity (Wildman–Crippen MR) is 109 cm³/mol. The van der Waals surface area contributed by atoms with Gasteiger partial charge in [0.1, 0.15) is 0 Å². The van der Waals surface area contributed by atoms with Gasteiger partial charge in [-0.05, 0) is 29.6 Å². The quantitative estimate of drug-likeness (QED) is 0.461. The van der Waals surface area contributed by atoms with Crippen molar-refractivity contribution in [1.82, 2.24) is 0 Å². The lowest BCUT2D eigenvalue weighted by atomic mass is 10.0. The van der Waals surface area contributed by atoms with Gasteiger partial charge in [0.2, 0.25) is 0 Å². The third-order valence-corrected chi connectivity index (χ3v) is 4.91. The molecule has 7 heteroatoms. The Kier molecular flexibility index (Phi) is 6.57. The molecule has 0 aliphatic heterocycles. The van der Waals surface area contributed by atoms with E-state index in [0.717, 1.165) is 4.88 Å². The van der Waals surface area contributed by atoms with Gasteiger partial charge in [-0.25, -0.2) is 0 Å². The topological polar surface area (TPSA) is 72.5 Å². The number of thiophene rings is 1. The Bertz CT molecular complexity index is 987. The van der Waals surface area contributed by atoms with E-state index in [1.54, 1.807) is 36.4 Å². The van der Waals surface area contributed by atoms with Gasteiger partial charge in [0, 0.05) is 21.0 Å². The molecule has 1 amide bonds. The van der Waals surface area contributed by atoms with Gasteiger partial charge in [-0.15, -0.1) is 11.3 Å². The van der Waals surface area contributed by atoms with Crippen LogP contribution in [0.2, 0.25) is 5.02 Å². The third-order valence-electron chi connectivity index (χ3n) is 3.80. The van der Waals surface area contributed by atoms with E-state index in [9.17, 15) is 14.4 Å². The summed E-state index contributed by atoms with van der Waals surface area (Å²) in [4.78, 5) is 37.6. The molecule has 142 valence electrons. The highest BCUT2D eigenvalue weighted by molar-refractivity contribution is 7.10. The van der Waals surface area contributed by atoms with Crippen molar-refractivity contribution in [2.75, 3.05) is 11.9 Å². The molecule has 1 heterocycles. The summed E-state index contributed by atoms with van der Waals surface area (Å²) < 4.78 is 5.00. The molecule has 0 aliphatic rings. The van der Waals surface area contributed by atoms with Gasteiger partial charge in [0.25, 0.3) is 5.91 Å². The van der Waals surface area contributed by atoms with Crippen molar-refractivity contribution in [3.05, 3.63) is 87.1 Å². The van der Waals surface area contributed by atoms with Crippen molar-refractivity contribution in [2.45, 2.75) is 6.42 Å². The number of hydrogen-bond donors (Lipinski definition) is 1. The molecule has 1 N–H and O–H groups in total. The highest BCUT2D eigenvalue weighted by Crippen LogP contribution is 2.23. The average Bonchev–Trinajstić information content (AvgIpc) is 3.21. The van der Waals surface area contributed by atoms with Crippen LogP contribution in [0.4, 0.5) is 5.69 Å². The van der Waals surface area contributed by atoms with E-state index in [1.165, 1.54) is 17.4 Å². The van der Waals surface area contributed by atoms with Gasteiger partial charge < -0.3 is 10.1 Å². The van der Waals surface area contributed by atoms with Crippen molar-refractivity contribution < 1.29 is 19.1 Å². The van der Waals surface area contributed by atoms with Crippen molar-refractivity contribution in [2.24, 2.45) is 0 Å². The second-order valence-corrected chi connectivity index (χ2v) is 7.32. The second kappa shape index (κ2) is 9.30. The van der Waals surface area contributed by atoms with Crippen LogP contribution in [0.1, 0.15) is 20.8 Å². The number of carbonyl (C=O) groups excluding carboxylic acids is 3. The maximum atomic E-state index is 12.8. The van der Waals surface area contributed by atoms with E-state index in [2.05, 4.69) is 5.32 Å². The summed E-state index contributed by atoms with van der Waals surface area (Å²) in [6, 6.07) is 16.9. The molecule has 0 aliphatic carbocycles. The van der Waals surface area contributed by atoms with Crippen LogP contribution >= 0.6 is 22.9 Å². The zero-order valence-electron chi connectivity index (χ0n) is 14.7. The number of halogens is 1. The van der Waals surface area contributed by atoms with Gasteiger partial charge in [0.05, 0.1) is 12.1 Å². The van der Waals surface area contributed by atoms with Crippen molar-refractivity contribution in [1.29, 1.82) is 0 Å². The molecular formula is C21H16ClNO4S. The molecule has 0 radical (unpaired) electrons. The summed E-state index contributed by atoms with van der Waals surface area (Å²) in [5.74, 6) is -1.30. The van der Waals surface area contributed by atoms with Crippen LogP contribution in [-0.4, -0.2) is 24.3 Å². The van der Waals surface area contributed by atoms with Gasteiger partial charge >= 0.3 is 5.97 Å². The second-order valence-electron chi connectivity index (χ2n) is 5.85. The molecule has 3 aromatic rings. The van der Waals surface area contributed by atoms with Gasteiger partial charge in [-0.2, -0.15) is 0 Å². The first-order valence-electron chi connectivity index (χ1n) is 8.40. The minimum atomic E-state index is -0.538. The summed E-state index contributed by atoms with van der Waals surface area (Å²) in [5.41, 5.74) is 1.04. The van der Waals surface area contributed by atoms with Crippen molar-refractivity contribution in [3.63, 3.8) is 0 Å². The molecule has 2 aromatic carbocycles. The molecule has 0 unspecified atom stereocenters. The first-order chi connectivity index (χ1) is 13.5. The summed E-state index contributed by atoms with van der Waals surface area (Å²) in [6.45, 7) is -0.439. The molecule has 3 rings (SSSR count). The Balaban J connectivity index is 1.65. The van der Waals surface area contributed by atoms with Gasteiger partial charge in [0.15, 0.2) is 12.4 Å². The third kappa shape index (κ3) is 5.28. The standard InChI is InChI=1S/C21H16ClNO4S/c22-15-8-9-18(17(11-15)21(26)14-5-2-1-3-6-14)23-19(24)13-27-20(25)12-16-7-4-10-28-16/h1-11H,12-13H2,(H,23,24). The van der Waals surface area contributed by atoms with Crippen LogP contribution in [0.5, 0.6) is 0 Å². The molecule has 5 nitrogen and oxygen atoms in total. The minimum Gasteiger partial charge on any atom is -0.455 e. The Hall–Kier alpha value is -2.96. The van der Waals surface area contributed by atoms with Crippen molar-refractivity contribution >= 4 is 46.3 Å². The first kappa shape index (κ1) is 19.8. The molecule has 1 aromatic heterocycles. The smallest absolute Gasteiger partial charge is 0.311 e. The molecule has 0 fully saturated rings. The Morgan fingerprint density at radius 2 is 1.79 bits per heavy atom. The van der Waals surface area contributed by atoms with Gasteiger partial charge in [-0.3, -0.25) is 14.4 Å². The van der Waals surface area contributed by atoms with E-state index in [-0.39, 0.29) is 17.8 Å². The Morgan fingerprint density at radius 1 is 1.00 bits per heavy atom. The summed E-state index contributed by atoms with van der Waals surface area (Å²) in [5, 5.41) is 4.85. The normalized spacial score (nSPS) is 10.3. The fourth-order valence-corrected chi connectivity index (χ4v) is 3.36. The molecule has 0 saturated carbocycles. The fourth-order valence-electron chi connectivity index (χ4n) is 2.50. The number of hydrogen-bond acceptors (Lipinski definition) is 5. The SMILES string of the molecule is O=C(COC(=O)Cc1cccs1)Nc1ccc(Cl)cc1C(=O)c1ccccc1. The molecule has 28 heavy (non-hydrogen) atoms.